The van der Waals surface area contributed by atoms with Gasteiger partial charge in [-0.3, -0.25) is 4.79 Å². The van der Waals surface area contributed by atoms with Gasteiger partial charge in [-0.05, 0) is 24.3 Å². The van der Waals surface area contributed by atoms with Gasteiger partial charge < -0.3 is 4.74 Å². The summed E-state index contributed by atoms with van der Waals surface area (Å²) in [4.78, 5) is 12.4. The second-order valence-corrected chi connectivity index (χ2v) is 6.32. The topological polar surface area (TPSA) is 26.3 Å². The zero-order valence-corrected chi connectivity index (χ0v) is 11.8. The summed E-state index contributed by atoms with van der Waals surface area (Å²) in [5, 5.41) is 0.779. The number of ketones is 1. The van der Waals surface area contributed by atoms with Crippen LogP contribution in [0.1, 0.15) is 34.1 Å². The molecular weight excluding hydrogens is 236 g/mol. The lowest BCUT2D eigenvalue weighted by Gasteiger charge is -2.35. The molecule has 1 aliphatic carbocycles. The molecule has 0 amide bonds. The van der Waals surface area contributed by atoms with Crippen molar-refractivity contribution in [1.82, 2.24) is 0 Å². The normalized spacial score (nSPS) is 42.4. The lowest BCUT2D eigenvalue weighted by atomic mass is 9.73. The zero-order chi connectivity index (χ0) is 12.8. The number of allylic oxidation sites excluding steroid dienone is 1. The van der Waals surface area contributed by atoms with E-state index in [9.17, 15) is 4.79 Å². The number of rotatable bonds is 1. The van der Waals surface area contributed by atoms with Gasteiger partial charge in [-0.2, -0.15) is 0 Å². The van der Waals surface area contributed by atoms with E-state index in [-0.39, 0.29) is 17.6 Å². The van der Waals surface area contributed by atoms with Gasteiger partial charge in [0.2, 0.25) is 0 Å². The van der Waals surface area contributed by atoms with E-state index in [2.05, 4.69) is 13.8 Å². The molecule has 2 rings (SSSR count). The van der Waals surface area contributed by atoms with Gasteiger partial charge in [0.05, 0.1) is 6.61 Å². The highest BCUT2D eigenvalue weighted by Crippen LogP contribution is 2.44. The Labute approximate surface area is 108 Å². The summed E-state index contributed by atoms with van der Waals surface area (Å²) in [5.41, 5.74) is -0.724. The molecule has 4 atom stereocenters. The molecule has 1 fully saturated rings. The van der Waals surface area contributed by atoms with Gasteiger partial charge in [-0.25, -0.2) is 0 Å². The Morgan fingerprint density at radius 1 is 1.41 bits per heavy atom. The van der Waals surface area contributed by atoms with Crippen molar-refractivity contribution in [2.75, 3.05) is 6.61 Å². The largest absolute Gasteiger partial charge is 0.363 e. The van der Waals surface area contributed by atoms with Crippen LogP contribution in [-0.2, 0) is 9.53 Å². The Morgan fingerprint density at radius 3 is 2.59 bits per heavy atom. The summed E-state index contributed by atoms with van der Waals surface area (Å²) < 4.78 is 5.85. The molecule has 17 heavy (non-hydrogen) atoms. The van der Waals surface area contributed by atoms with Crippen LogP contribution in [0, 0.1) is 23.7 Å². The summed E-state index contributed by atoms with van der Waals surface area (Å²) in [6.07, 6.45) is 2.65. The number of hydrogen-bond acceptors (Lipinski definition) is 2. The molecule has 1 saturated heterocycles. The number of carbonyl (C=O) groups is 1. The summed E-state index contributed by atoms with van der Waals surface area (Å²) in [7, 11) is 0. The van der Waals surface area contributed by atoms with Gasteiger partial charge in [0.1, 0.15) is 5.60 Å². The van der Waals surface area contributed by atoms with E-state index in [4.69, 9.17) is 16.3 Å². The fraction of sp³-hybridized carbons (Fsp3) is 0.786. The third-order valence-electron chi connectivity index (χ3n) is 4.45. The van der Waals surface area contributed by atoms with Gasteiger partial charge in [-0.1, -0.05) is 39.3 Å². The van der Waals surface area contributed by atoms with Crippen LogP contribution in [0.25, 0.3) is 0 Å². The van der Waals surface area contributed by atoms with Crippen molar-refractivity contribution in [1.29, 1.82) is 0 Å². The second-order valence-electron chi connectivity index (χ2n) is 5.88. The predicted octanol–water partition coefficient (Wildman–Crippen LogP) is 3.40. The van der Waals surface area contributed by atoms with Gasteiger partial charge in [0, 0.05) is 16.9 Å². The van der Waals surface area contributed by atoms with E-state index in [1.165, 1.54) is 0 Å². The van der Waals surface area contributed by atoms with Gasteiger partial charge in [0.25, 0.3) is 0 Å². The molecule has 1 spiro atoms. The molecule has 0 bridgehead atoms. The van der Waals surface area contributed by atoms with Crippen LogP contribution in [0.5, 0.6) is 0 Å². The van der Waals surface area contributed by atoms with Crippen LogP contribution in [0.4, 0.5) is 0 Å². The van der Waals surface area contributed by atoms with Crippen LogP contribution in [0.3, 0.4) is 0 Å². The first kappa shape index (κ1) is 13.1. The maximum Gasteiger partial charge on any atom is 0.172 e. The van der Waals surface area contributed by atoms with E-state index in [1.807, 2.05) is 19.9 Å². The van der Waals surface area contributed by atoms with Crippen molar-refractivity contribution in [3.63, 3.8) is 0 Å². The molecule has 1 heterocycles. The van der Waals surface area contributed by atoms with E-state index < -0.39 is 5.60 Å². The van der Waals surface area contributed by atoms with Crippen molar-refractivity contribution in [3.05, 3.63) is 11.1 Å². The van der Waals surface area contributed by atoms with Crippen molar-refractivity contribution in [2.45, 2.75) is 39.7 Å². The second kappa shape index (κ2) is 4.40. The highest BCUT2D eigenvalue weighted by Gasteiger charge is 2.50. The average molecular weight is 257 g/mol. The lowest BCUT2D eigenvalue weighted by molar-refractivity contribution is -0.140. The summed E-state index contributed by atoms with van der Waals surface area (Å²) >= 11 is 6.25. The number of carbonyl (C=O) groups excluding carboxylic acids is 1. The van der Waals surface area contributed by atoms with Crippen molar-refractivity contribution >= 4 is 17.4 Å². The summed E-state index contributed by atoms with van der Waals surface area (Å²) in [5.74, 6) is 1.29. The molecular formula is C14H21ClO2. The minimum Gasteiger partial charge on any atom is -0.363 e. The zero-order valence-electron chi connectivity index (χ0n) is 11.0. The monoisotopic (exact) mass is 256 g/mol. The molecule has 2 aliphatic rings. The molecule has 2 nitrogen and oxygen atoms in total. The van der Waals surface area contributed by atoms with E-state index in [0.29, 0.717) is 18.4 Å². The molecule has 1 aliphatic heterocycles. The van der Waals surface area contributed by atoms with Crippen LogP contribution in [0.15, 0.2) is 11.1 Å². The van der Waals surface area contributed by atoms with Crippen molar-refractivity contribution < 1.29 is 9.53 Å². The average Bonchev–Trinajstić information content (AvgIpc) is 2.69. The molecule has 0 N–H and O–H groups in total. The first-order chi connectivity index (χ1) is 7.87. The third kappa shape index (κ3) is 2.06. The molecule has 2 unspecified atom stereocenters. The van der Waals surface area contributed by atoms with Crippen molar-refractivity contribution in [2.24, 2.45) is 23.7 Å². The molecule has 3 heteroatoms. The number of ether oxygens (including phenoxy) is 1. The van der Waals surface area contributed by atoms with E-state index in [1.54, 1.807) is 0 Å². The molecule has 96 valence electrons. The van der Waals surface area contributed by atoms with Crippen LogP contribution in [0.2, 0.25) is 0 Å². The highest BCUT2D eigenvalue weighted by molar-refractivity contribution is 6.30. The maximum atomic E-state index is 12.4. The quantitative estimate of drug-likeness (QED) is 0.719. The Morgan fingerprint density at radius 2 is 2.06 bits per heavy atom. The van der Waals surface area contributed by atoms with Gasteiger partial charge in [0.15, 0.2) is 5.78 Å². The van der Waals surface area contributed by atoms with E-state index in [0.717, 1.165) is 11.5 Å². The minimum atomic E-state index is -0.724. The fourth-order valence-electron chi connectivity index (χ4n) is 2.74. The smallest absolute Gasteiger partial charge is 0.172 e. The SMILES string of the molecule is CC1C(=O)[C@]2(C=C(Cl)C1C)C[C@@H](C(C)C)CO2. The molecule has 0 aromatic carbocycles. The molecule has 0 saturated carbocycles. The first-order valence-electron chi connectivity index (χ1n) is 6.44. The molecule has 0 aromatic rings. The van der Waals surface area contributed by atoms with Crippen LogP contribution >= 0.6 is 11.6 Å². The highest BCUT2D eigenvalue weighted by atomic mass is 35.5. The third-order valence-corrected chi connectivity index (χ3v) is 4.90. The Hall–Kier alpha value is -0.340. The Balaban J connectivity index is 2.30. The lowest BCUT2D eigenvalue weighted by Crippen LogP contribution is -2.45. The van der Waals surface area contributed by atoms with Crippen LogP contribution in [-0.4, -0.2) is 18.0 Å². The van der Waals surface area contributed by atoms with Crippen LogP contribution < -0.4 is 0 Å². The number of Topliss-reactive ketones (excluding diaryl/α,β-unsaturated/α-hetero) is 1. The minimum absolute atomic E-state index is 0.0431. The van der Waals surface area contributed by atoms with E-state index >= 15 is 0 Å². The summed E-state index contributed by atoms with van der Waals surface area (Å²) in [6.45, 7) is 8.99. The van der Waals surface area contributed by atoms with Gasteiger partial charge in [-0.15, -0.1) is 0 Å². The predicted molar refractivity (Wildman–Crippen MR) is 68.9 cm³/mol. The number of halogens is 1. The molecule has 0 aromatic heterocycles. The first-order valence-corrected chi connectivity index (χ1v) is 6.81. The Bertz CT molecular complexity index is 361. The maximum absolute atomic E-state index is 12.4. The van der Waals surface area contributed by atoms with Crippen molar-refractivity contribution in [3.8, 4) is 0 Å². The Kier molecular flexibility index (Phi) is 3.39. The standard InChI is InChI=1S/C14H21ClO2/c1-8(2)11-5-14(17-7-11)6-12(15)9(3)10(4)13(14)16/h6,8-11H,5,7H2,1-4H3/t9?,10?,11-,14-/m1/s1. The number of hydrogen-bond donors (Lipinski definition) is 0. The molecule has 0 radical (unpaired) electrons. The fourth-order valence-corrected chi connectivity index (χ4v) is 3.11. The van der Waals surface area contributed by atoms with Gasteiger partial charge >= 0.3 is 0 Å². The summed E-state index contributed by atoms with van der Waals surface area (Å²) in [6, 6.07) is 0.